The van der Waals surface area contributed by atoms with Crippen molar-refractivity contribution in [2.45, 2.75) is 0 Å². The van der Waals surface area contributed by atoms with Gasteiger partial charge in [-0.25, -0.2) is 9.13 Å². The van der Waals surface area contributed by atoms with E-state index in [2.05, 4.69) is 23.7 Å². The van der Waals surface area contributed by atoms with Crippen molar-refractivity contribution in [3.05, 3.63) is 29.5 Å². The molecule has 0 bridgehead atoms. The van der Waals surface area contributed by atoms with E-state index in [0.29, 0.717) is 0 Å². The molecular formula is C10H13Cl2N2+. The summed E-state index contributed by atoms with van der Waals surface area (Å²) in [6.07, 6.45) is 1.47. The fraction of sp³-hybridized carbons (Fsp3) is 0.300. The van der Waals surface area contributed by atoms with Crippen molar-refractivity contribution in [3.8, 4) is 0 Å². The van der Waals surface area contributed by atoms with Crippen LogP contribution in [0, 0.1) is 0 Å². The number of hydrogen-bond acceptors (Lipinski definition) is 0. The molecule has 0 N–H and O–H groups in total. The van der Waals surface area contributed by atoms with Crippen molar-refractivity contribution in [2.24, 2.45) is 14.1 Å². The number of para-hydroxylation sites is 2. The lowest BCUT2D eigenvalue weighted by Gasteiger charge is -1.84. The molecule has 4 heteroatoms. The highest BCUT2D eigenvalue weighted by molar-refractivity contribution is 6.28. The summed E-state index contributed by atoms with van der Waals surface area (Å²) in [6.45, 7) is 0. The summed E-state index contributed by atoms with van der Waals surface area (Å²) in [7, 11) is 3.93. The van der Waals surface area contributed by atoms with Gasteiger partial charge in [0.15, 0.2) is 11.0 Å². The second kappa shape index (κ2) is 4.67. The highest BCUT2D eigenvalue weighted by atomic mass is 35.5. The van der Waals surface area contributed by atoms with Crippen molar-refractivity contribution in [3.63, 3.8) is 0 Å². The Morgan fingerprint density at radius 3 is 2.36 bits per heavy atom. The van der Waals surface area contributed by atoms with Gasteiger partial charge in [0.2, 0.25) is 0 Å². The van der Waals surface area contributed by atoms with Crippen molar-refractivity contribution < 1.29 is 4.57 Å². The number of benzene rings is 1. The van der Waals surface area contributed by atoms with E-state index in [1.54, 1.807) is 0 Å². The molecule has 0 spiro atoms. The summed E-state index contributed by atoms with van der Waals surface area (Å²) in [5, 5.41) is 0.746. The zero-order valence-corrected chi connectivity index (χ0v) is 9.97. The molecule has 2 aromatic rings. The molecule has 0 amide bonds. The van der Waals surface area contributed by atoms with Crippen LogP contribution in [0.5, 0.6) is 0 Å². The van der Waals surface area contributed by atoms with E-state index in [1.165, 1.54) is 6.38 Å². The summed E-state index contributed by atoms with van der Waals surface area (Å²) in [4.78, 5) is 0. The van der Waals surface area contributed by atoms with E-state index < -0.39 is 0 Å². The van der Waals surface area contributed by atoms with Gasteiger partial charge in [0, 0.05) is 18.0 Å². The SMILES string of the molecule is CCl.Cn1c(Cl)[n+](C)c2ccccc21. The minimum atomic E-state index is 0.746. The van der Waals surface area contributed by atoms with Gasteiger partial charge in [-0.3, -0.25) is 0 Å². The molecule has 0 aliphatic rings. The van der Waals surface area contributed by atoms with Crippen molar-refractivity contribution >= 4 is 34.2 Å². The summed E-state index contributed by atoms with van der Waals surface area (Å²) in [5.41, 5.74) is 2.31. The predicted molar refractivity (Wildman–Crippen MR) is 60.9 cm³/mol. The van der Waals surface area contributed by atoms with E-state index >= 15 is 0 Å². The molecule has 0 saturated carbocycles. The Bertz CT molecular complexity index is 396. The molecule has 0 fully saturated rings. The van der Waals surface area contributed by atoms with Crippen LogP contribution in [0.25, 0.3) is 11.0 Å². The molecule has 1 aromatic carbocycles. The minimum absolute atomic E-state index is 0.746. The monoisotopic (exact) mass is 231 g/mol. The molecule has 76 valence electrons. The third-order valence-corrected chi connectivity index (χ3v) is 2.67. The first-order valence-corrected chi connectivity index (χ1v) is 5.32. The fourth-order valence-electron chi connectivity index (χ4n) is 1.46. The Morgan fingerprint density at radius 2 is 1.79 bits per heavy atom. The largest absolute Gasteiger partial charge is 0.355 e. The third kappa shape index (κ3) is 1.72. The molecule has 0 saturated heterocycles. The van der Waals surface area contributed by atoms with Gasteiger partial charge in [-0.1, -0.05) is 12.1 Å². The predicted octanol–water partition coefficient (Wildman–Crippen LogP) is 2.51. The lowest BCUT2D eigenvalue weighted by atomic mass is 10.3. The van der Waals surface area contributed by atoms with Crippen molar-refractivity contribution in [2.75, 3.05) is 6.38 Å². The first-order valence-electron chi connectivity index (χ1n) is 4.18. The van der Waals surface area contributed by atoms with Gasteiger partial charge in [-0.15, -0.1) is 11.6 Å². The number of nitrogens with zero attached hydrogens (tertiary/aromatic N) is 2. The van der Waals surface area contributed by atoms with E-state index in [-0.39, 0.29) is 0 Å². The van der Waals surface area contributed by atoms with Gasteiger partial charge in [0.25, 0.3) is 0 Å². The number of hydrogen-bond donors (Lipinski definition) is 0. The Hall–Kier alpha value is -0.730. The van der Waals surface area contributed by atoms with Crippen LogP contribution in [0.1, 0.15) is 0 Å². The van der Waals surface area contributed by atoms with Gasteiger partial charge in [-0.05, 0) is 12.1 Å². The standard InChI is InChI=1S/C9H10ClN2.CH3Cl/c1-11-7-5-3-4-6-8(7)12(2)9(11)10;1-2/h3-6H,1-2H3;1H3/q+1;. The Kier molecular flexibility index (Phi) is 3.78. The number of alkyl halides is 1. The van der Waals surface area contributed by atoms with E-state index in [9.17, 15) is 0 Å². The van der Waals surface area contributed by atoms with Crippen LogP contribution in [0.15, 0.2) is 24.3 Å². The van der Waals surface area contributed by atoms with Crippen molar-refractivity contribution in [1.82, 2.24) is 4.57 Å². The van der Waals surface area contributed by atoms with E-state index in [1.807, 2.05) is 35.4 Å². The molecule has 0 radical (unpaired) electrons. The van der Waals surface area contributed by atoms with Crippen LogP contribution in [-0.4, -0.2) is 11.0 Å². The van der Waals surface area contributed by atoms with Gasteiger partial charge in [-0.2, -0.15) is 0 Å². The first-order chi connectivity index (χ1) is 6.72. The topological polar surface area (TPSA) is 8.81 Å². The second-order valence-corrected chi connectivity index (χ2v) is 3.21. The molecule has 14 heavy (non-hydrogen) atoms. The maximum Gasteiger partial charge on any atom is 0.355 e. The smallest absolute Gasteiger partial charge is 0.215 e. The average Bonchev–Trinajstić information content (AvgIpc) is 2.48. The summed E-state index contributed by atoms with van der Waals surface area (Å²) in [6, 6.07) is 8.14. The molecule has 0 unspecified atom stereocenters. The molecule has 0 aliphatic carbocycles. The minimum Gasteiger partial charge on any atom is -0.215 e. The number of rotatable bonds is 0. The van der Waals surface area contributed by atoms with Crippen LogP contribution < -0.4 is 4.57 Å². The van der Waals surface area contributed by atoms with Crippen LogP contribution in [0.2, 0.25) is 5.28 Å². The Labute approximate surface area is 93.7 Å². The Balaban J connectivity index is 0.000000461. The molecule has 1 heterocycles. The molecule has 0 atom stereocenters. The fourth-order valence-corrected chi connectivity index (χ4v) is 1.64. The number of halogens is 2. The highest BCUT2D eigenvalue weighted by Crippen LogP contribution is 2.14. The molecule has 2 nitrogen and oxygen atoms in total. The zero-order chi connectivity index (χ0) is 10.7. The number of fused-ring (bicyclic) bond motifs is 1. The van der Waals surface area contributed by atoms with Crippen LogP contribution in [0.4, 0.5) is 0 Å². The van der Waals surface area contributed by atoms with Crippen LogP contribution in [-0.2, 0) is 14.1 Å². The summed E-state index contributed by atoms with van der Waals surface area (Å²) >= 11 is 10.7. The number of aryl methyl sites for hydroxylation is 2. The van der Waals surface area contributed by atoms with Gasteiger partial charge in [0.1, 0.15) is 0 Å². The maximum absolute atomic E-state index is 6.05. The normalized spacial score (nSPS) is 9.79. The third-order valence-electron chi connectivity index (χ3n) is 2.16. The molecule has 2 rings (SSSR count). The van der Waals surface area contributed by atoms with Gasteiger partial charge >= 0.3 is 5.28 Å². The molecule has 0 aliphatic heterocycles. The first kappa shape index (κ1) is 11.3. The van der Waals surface area contributed by atoms with Crippen LogP contribution in [0.3, 0.4) is 0 Å². The van der Waals surface area contributed by atoms with E-state index in [4.69, 9.17) is 11.6 Å². The number of imidazole rings is 1. The average molecular weight is 232 g/mol. The summed E-state index contributed by atoms with van der Waals surface area (Å²) < 4.78 is 3.94. The van der Waals surface area contributed by atoms with Gasteiger partial charge in [0.05, 0.1) is 14.1 Å². The van der Waals surface area contributed by atoms with Crippen LogP contribution >= 0.6 is 23.2 Å². The second-order valence-electron chi connectivity index (χ2n) is 2.88. The highest BCUT2D eigenvalue weighted by Gasteiger charge is 2.16. The maximum atomic E-state index is 6.05. The van der Waals surface area contributed by atoms with E-state index in [0.717, 1.165) is 16.3 Å². The molecule has 1 aromatic heterocycles. The van der Waals surface area contributed by atoms with Gasteiger partial charge < -0.3 is 0 Å². The molecular weight excluding hydrogens is 219 g/mol. The zero-order valence-electron chi connectivity index (χ0n) is 8.46. The quantitative estimate of drug-likeness (QED) is 0.487. The number of aromatic nitrogens is 2. The lowest BCUT2D eigenvalue weighted by Crippen LogP contribution is -2.27. The Morgan fingerprint density at radius 1 is 1.21 bits per heavy atom. The lowest BCUT2D eigenvalue weighted by molar-refractivity contribution is -0.643. The summed E-state index contributed by atoms with van der Waals surface area (Å²) in [5.74, 6) is 0. The van der Waals surface area contributed by atoms with Crippen molar-refractivity contribution in [1.29, 1.82) is 0 Å².